The number of anilines is 1. The van der Waals surface area contributed by atoms with Crippen LogP contribution in [-0.2, 0) is 4.74 Å². The lowest BCUT2D eigenvalue weighted by Crippen LogP contribution is -2.72. The molecule has 4 aliphatic rings. The summed E-state index contributed by atoms with van der Waals surface area (Å²) in [6.45, 7) is 2.63. The number of carbonyl (C=O) groups is 1. The van der Waals surface area contributed by atoms with E-state index in [1.807, 2.05) is 24.4 Å². The molecular weight excluding hydrogens is 316 g/mol. The van der Waals surface area contributed by atoms with Gasteiger partial charge in [0.25, 0.3) is 0 Å². The van der Waals surface area contributed by atoms with Crippen molar-refractivity contribution in [3.63, 3.8) is 0 Å². The summed E-state index contributed by atoms with van der Waals surface area (Å²) in [4.78, 5) is 19.2. The van der Waals surface area contributed by atoms with Crippen LogP contribution in [0.25, 0.3) is 0 Å². The van der Waals surface area contributed by atoms with Crippen molar-refractivity contribution in [2.45, 2.75) is 50.3 Å². The molecule has 2 saturated carbocycles. The molecule has 2 aliphatic heterocycles. The van der Waals surface area contributed by atoms with Gasteiger partial charge in [0, 0.05) is 49.3 Å². The van der Waals surface area contributed by atoms with Gasteiger partial charge in [-0.05, 0) is 37.8 Å². The number of urea groups is 1. The Kier molecular flexibility index (Phi) is 3.62. The van der Waals surface area contributed by atoms with Crippen molar-refractivity contribution in [2.24, 2.45) is 11.3 Å². The van der Waals surface area contributed by atoms with E-state index >= 15 is 0 Å². The number of fused-ring (bicyclic) bond motifs is 2. The SMILES string of the molecule is O=C(N[C@@H]1CCN(c2ccccn2)C1)N[C@@H]1[C@H]2CCO[C@H]2C12CCC2. The molecule has 0 radical (unpaired) electrons. The molecule has 5 rings (SSSR count). The van der Waals surface area contributed by atoms with Crippen LogP contribution < -0.4 is 15.5 Å². The highest BCUT2D eigenvalue weighted by molar-refractivity contribution is 5.75. The van der Waals surface area contributed by atoms with Crippen LogP contribution >= 0.6 is 0 Å². The normalized spacial score (nSPS) is 35.0. The summed E-state index contributed by atoms with van der Waals surface area (Å²) in [6.07, 6.45) is 7.96. The van der Waals surface area contributed by atoms with E-state index in [2.05, 4.69) is 20.5 Å². The van der Waals surface area contributed by atoms with Crippen molar-refractivity contribution in [1.82, 2.24) is 15.6 Å². The Morgan fingerprint density at radius 3 is 2.96 bits per heavy atom. The third kappa shape index (κ3) is 2.41. The van der Waals surface area contributed by atoms with Gasteiger partial charge in [-0.25, -0.2) is 9.78 Å². The highest BCUT2D eigenvalue weighted by atomic mass is 16.5. The second-order valence-electron chi connectivity index (χ2n) is 8.05. The smallest absolute Gasteiger partial charge is 0.315 e. The first-order chi connectivity index (χ1) is 12.3. The molecule has 6 heteroatoms. The van der Waals surface area contributed by atoms with Crippen molar-refractivity contribution in [2.75, 3.05) is 24.6 Å². The zero-order chi connectivity index (χ0) is 16.9. The maximum atomic E-state index is 12.6. The zero-order valence-electron chi connectivity index (χ0n) is 14.5. The molecule has 2 amide bonds. The second kappa shape index (κ2) is 5.87. The zero-order valence-corrected chi connectivity index (χ0v) is 14.5. The van der Waals surface area contributed by atoms with Gasteiger partial charge in [-0.2, -0.15) is 0 Å². The van der Waals surface area contributed by atoms with Gasteiger partial charge in [0.05, 0.1) is 6.10 Å². The third-order valence-electron chi connectivity index (χ3n) is 6.82. The summed E-state index contributed by atoms with van der Waals surface area (Å²) >= 11 is 0. The van der Waals surface area contributed by atoms with E-state index < -0.39 is 0 Å². The van der Waals surface area contributed by atoms with E-state index in [1.54, 1.807) is 0 Å². The number of amides is 2. The van der Waals surface area contributed by atoms with E-state index in [4.69, 9.17) is 4.74 Å². The molecule has 0 bridgehead atoms. The lowest BCUT2D eigenvalue weighted by molar-refractivity contribution is -0.172. The lowest BCUT2D eigenvalue weighted by atomic mass is 9.46. The fourth-order valence-electron chi connectivity index (χ4n) is 5.45. The summed E-state index contributed by atoms with van der Waals surface area (Å²) in [7, 11) is 0. The minimum atomic E-state index is -0.00510. The Morgan fingerprint density at radius 2 is 2.20 bits per heavy atom. The molecule has 6 nitrogen and oxygen atoms in total. The van der Waals surface area contributed by atoms with Gasteiger partial charge in [0.1, 0.15) is 5.82 Å². The molecule has 2 aliphatic carbocycles. The first-order valence-electron chi connectivity index (χ1n) is 9.61. The maximum Gasteiger partial charge on any atom is 0.315 e. The van der Waals surface area contributed by atoms with Crippen LogP contribution in [0.5, 0.6) is 0 Å². The van der Waals surface area contributed by atoms with E-state index in [0.29, 0.717) is 18.1 Å². The van der Waals surface area contributed by atoms with E-state index in [1.165, 1.54) is 19.3 Å². The molecule has 134 valence electrons. The predicted octanol–water partition coefficient (Wildman–Crippen LogP) is 1.92. The molecule has 3 heterocycles. The number of nitrogens with one attached hydrogen (secondary N) is 2. The van der Waals surface area contributed by atoms with E-state index in [-0.39, 0.29) is 17.5 Å². The molecule has 4 fully saturated rings. The Bertz CT molecular complexity index is 648. The Labute approximate surface area is 148 Å². The van der Waals surface area contributed by atoms with Crippen LogP contribution in [0.1, 0.15) is 32.1 Å². The number of rotatable bonds is 3. The molecule has 1 aromatic heterocycles. The number of nitrogens with zero attached hydrogens (tertiary/aromatic N) is 2. The quantitative estimate of drug-likeness (QED) is 0.881. The average molecular weight is 342 g/mol. The summed E-state index contributed by atoms with van der Waals surface area (Å²) in [5.41, 5.74) is 0.244. The monoisotopic (exact) mass is 342 g/mol. The minimum absolute atomic E-state index is 0.00510. The third-order valence-corrected chi connectivity index (χ3v) is 6.82. The van der Waals surface area contributed by atoms with Crippen LogP contribution in [0.4, 0.5) is 10.6 Å². The maximum absolute atomic E-state index is 12.6. The number of aromatic nitrogens is 1. The molecule has 1 aromatic rings. The molecule has 25 heavy (non-hydrogen) atoms. The van der Waals surface area contributed by atoms with Crippen molar-refractivity contribution in [3.8, 4) is 0 Å². The van der Waals surface area contributed by atoms with Gasteiger partial charge >= 0.3 is 6.03 Å². The Morgan fingerprint density at radius 1 is 1.28 bits per heavy atom. The van der Waals surface area contributed by atoms with Gasteiger partial charge in [-0.1, -0.05) is 12.5 Å². The number of pyridine rings is 1. The van der Waals surface area contributed by atoms with Gasteiger partial charge < -0.3 is 20.3 Å². The van der Waals surface area contributed by atoms with Crippen LogP contribution in [0.15, 0.2) is 24.4 Å². The molecule has 0 aromatic carbocycles. The lowest BCUT2D eigenvalue weighted by Gasteiger charge is -2.63. The number of carbonyl (C=O) groups excluding carboxylic acids is 1. The summed E-state index contributed by atoms with van der Waals surface area (Å²) < 4.78 is 5.93. The molecule has 2 saturated heterocycles. The standard InChI is InChI=1S/C19H26N4O2/c24-18(21-13-5-10-23(12-13)15-4-1-2-9-20-15)22-16-14-6-11-25-17(14)19(16)7-3-8-19/h1-2,4,9,13-14,16-17H,3,5-8,10-12H2,(H2,21,22,24)/t13-,14-,16-,17-/m1/s1. The highest BCUT2D eigenvalue weighted by Gasteiger charge is 2.67. The first kappa shape index (κ1) is 15.4. The van der Waals surface area contributed by atoms with Crippen molar-refractivity contribution < 1.29 is 9.53 Å². The predicted molar refractivity (Wildman–Crippen MR) is 94.4 cm³/mol. The topological polar surface area (TPSA) is 66.5 Å². The molecule has 0 unspecified atom stereocenters. The molecular formula is C19H26N4O2. The summed E-state index contributed by atoms with van der Waals surface area (Å²) in [5, 5.41) is 6.48. The van der Waals surface area contributed by atoms with Gasteiger partial charge in [0.2, 0.25) is 0 Å². The van der Waals surface area contributed by atoms with Crippen molar-refractivity contribution in [1.29, 1.82) is 0 Å². The highest BCUT2D eigenvalue weighted by Crippen LogP contribution is 2.62. The number of hydrogen-bond donors (Lipinski definition) is 2. The largest absolute Gasteiger partial charge is 0.377 e. The Balaban J connectivity index is 1.17. The van der Waals surface area contributed by atoms with Crippen molar-refractivity contribution >= 4 is 11.8 Å². The average Bonchev–Trinajstić information content (AvgIpc) is 3.20. The van der Waals surface area contributed by atoms with Gasteiger partial charge in [-0.15, -0.1) is 0 Å². The van der Waals surface area contributed by atoms with Gasteiger partial charge in [-0.3, -0.25) is 0 Å². The number of ether oxygens (including phenoxy) is 1. The van der Waals surface area contributed by atoms with Crippen LogP contribution in [0, 0.1) is 11.3 Å². The Hall–Kier alpha value is -1.82. The van der Waals surface area contributed by atoms with E-state index in [9.17, 15) is 4.79 Å². The first-order valence-corrected chi connectivity index (χ1v) is 9.61. The second-order valence-corrected chi connectivity index (χ2v) is 8.05. The fourth-order valence-corrected chi connectivity index (χ4v) is 5.45. The fraction of sp³-hybridized carbons (Fsp3) is 0.684. The van der Waals surface area contributed by atoms with Crippen LogP contribution in [0.2, 0.25) is 0 Å². The van der Waals surface area contributed by atoms with Crippen molar-refractivity contribution in [3.05, 3.63) is 24.4 Å². The van der Waals surface area contributed by atoms with Crippen LogP contribution in [-0.4, -0.2) is 48.9 Å². The molecule has 2 N–H and O–H groups in total. The minimum Gasteiger partial charge on any atom is -0.377 e. The van der Waals surface area contributed by atoms with Gasteiger partial charge in [0.15, 0.2) is 0 Å². The summed E-state index contributed by atoms with van der Waals surface area (Å²) in [6, 6.07) is 6.45. The van der Waals surface area contributed by atoms with Crippen LogP contribution in [0.3, 0.4) is 0 Å². The molecule has 1 spiro atoms. The number of hydrogen-bond acceptors (Lipinski definition) is 4. The molecule has 4 atom stereocenters. The van der Waals surface area contributed by atoms with E-state index in [0.717, 1.165) is 38.4 Å². The summed E-state index contributed by atoms with van der Waals surface area (Å²) in [5.74, 6) is 1.52.